The Morgan fingerprint density at radius 1 is 0.946 bits per heavy atom. The average Bonchev–Trinajstić information content (AvgIpc) is 2.79. The minimum atomic E-state index is -4.95. The van der Waals surface area contributed by atoms with E-state index in [0.717, 1.165) is 6.26 Å². The monoisotopic (exact) mass is 554 g/mol. The van der Waals surface area contributed by atoms with E-state index in [-0.39, 0.29) is 87.1 Å². The van der Waals surface area contributed by atoms with Crippen LogP contribution in [0.4, 0.5) is 0 Å². The first-order chi connectivity index (χ1) is 16.4. The van der Waals surface area contributed by atoms with Crippen LogP contribution in [-0.2, 0) is 19.9 Å². The molecule has 5 atom stereocenters. The van der Waals surface area contributed by atoms with Gasteiger partial charge in [-0.05, 0) is 29.8 Å². The maximum atomic E-state index is 12.9. The fourth-order valence-electron chi connectivity index (χ4n) is 3.46. The molecule has 0 amide bonds. The van der Waals surface area contributed by atoms with Crippen molar-refractivity contribution in [3.63, 3.8) is 0 Å². The molecule has 4 rings (SSSR count). The summed E-state index contributed by atoms with van der Waals surface area (Å²) in [6.45, 7) is 0. The van der Waals surface area contributed by atoms with E-state index in [2.05, 4.69) is 4.18 Å². The molecule has 3 aromatic rings. The third-order valence-electron chi connectivity index (χ3n) is 5.16. The van der Waals surface area contributed by atoms with E-state index < -0.39 is 52.5 Å². The van der Waals surface area contributed by atoms with Crippen molar-refractivity contribution in [3.05, 3.63) is 59.0 Å². The normalized spacial score (nSPS) is 23.4. The number of carboxylic acid groups (broad SMARTS) is 1. The van der Waals surface area contributed by atoms with Crippen molar-refractivity contribution in [2.45, 2.75) is 30.7 Å². The second kappa shape index (κ2) is 12.5. The molecule has 1 aliphatic rings. The predicted octanol–water partition coefficient (Wildman–Crippen LogP) is -7.76. The topological polar surface area (TPSA) is 216 Å². The van der Waals surface area contributed by atoms with Crippen LogP contribution in [0.25, 0.3) is 22.1 Å². The summed E-state index contributed by atoms with van der Waals surface area (Å²) in [5, 5.41) is 40.9. The van der Waals surface area contributed by atoms with Crippen LogP contribution < -0.4 is 78.6 Å². The van der Waals surface area contributed by atoms with Crippen LogP contribution in [0.5, 0.6) is 11.5 Å². The molecule has 0 aliphatic carbocycles. The number of carbonyl (C=O) groups excluding carboxylic acids is 1. The van der Waals surface area contributed by atoms with Crippen LogP contribution in [0.1, 0.15) is 0 Å². The number of hydrogen-bond acceptors (Lipinski definition) is 13. The quantitative estimate of drug-likeness (QED) is 0.147. The Morgan fingerprint density at radius 3 is 2.16 bits per heavy atom. The Hall–Kier alpha value is -1.53. The Bertz CT molecular complexity index is 1420. The zero-order valence-electron chi connectivity index (χ0n) is 19.3. The Balaban J connectivity index is 0.00000241. The molecule has 3 N–H and O–H groups in total. The van der Waals surface area contributed by atoms with E-state index >= 15 is 0 Å². The van der Waals surface area contributed by atoms with Crippen LogP contribution >= 0.6 is 0 Å². The van der Waals surface area contributed by atoms with Crippen LogP contribution in [0.3, 0.4) is 0 Å². The maximum Gasteiger partial charge on any atom is 1.00 e. The van der Waals surface area contributed by atoms with Crippen molar-refractivity contribution in [2.75, 3.05) is 0 Å². The minimum absolute atomic E-state index is 0. The molecule has 13 nitrogen and oxygen atoms in total. The van der Waals surface area contributed by atoms with Gasteiger partial charge < -0.3 is 47.8 Å². The molecule has 2 aromatic carbocycles. The van der Waals surface area contributed by atoms with Crippen LogP contribution in [0, 0.1) is 0 Å². The number of hydrogen-bond donors (Lipinski definition) is 3. The fourth-order valence-corrected chi connectivity index (χ4v) is 3.81. The Kier molecular flexibility index (Phi) is 10.7. The third-order valence-corrected chi connectivity index (χ3v) is 5.56. The van der Waals surface area contributed by atoms with Crippen molar-refractivity contribution in [3.8, 4) is 22.6 Å². The summed E-state index contributed by atoms with van der Waals surface area (Å²) in [4.78, 5) is 24.0. The van der Waals surface area contributed by atoms with E-state index in [1.807, 2.05) is 0 Å². The van der Waals surface area contributed by atoms with E-state index in [1.165, 1.54) is 42.5 Å². The number of ether oxygens (including phenoxy) is 2. The smallest absolute Gasteiger partial charge is 0.716 e. The van der Waals surface area contributed by atoms with Gasteiger partial charge in [-0.1, -0.05) is 12.1 Å². The molecule has 186 valence electrons. The van der Waals surface area contributed by atoms with Gasteiger partial charge in [0.1, 0.15) is 47.8 Å². The number of aliphatic hydroxyl groups excluding tert-OH is 3. The Morgan fingerprint density at radius 2 is 1.57 bits per heavy atom. The molecule has 1 aliphatic heterocycles. The fraction of sp³-hybridized carbons (Fsp3) is 0.238. The van der Waals surface area contributed by atoms with Crippen LogP contribution in [-0.4, -0.2) is 65.0 Å². The zero-order chi connectivity index (χ0) is 25.5. The number of benzene rings is 2. The number of carbonyl (C=O) groups is 1. The molecule has 0 saturated carbocycles. The van der Waals surface area contributed by atoms with Crippen molar-refractivity contribution in [1.29, 1.82) is 0 Å². The van der Waals surface area contributed by atoms with Crippen LogP contribution in [0.2, 0.25) is 0 Å². The molecule has 3 unspecified atom stereocenters. The summed E-state index contributed by atoms with van der Waals surface area (Å²) in [7, 11) is -4.95. The molecule has 1 aromatic heterocycles. The van der Waals surface area contributed by atoms with Gasteiger partial charge in [-0.15, -0.1) is 0 Å². The van der Waals surface area contributed by atoms with Gasteiger partial charge in [-0.25, -0.2) is 8.42 Å². The molecular weight excluding hydrogens is 538 g/mol. The Labute approximate surface area is 253 Å². The number of aliphatic hydroxyl groups is 3. The first-order valence-electron chi connectivity index (χ1n) is 9.83. The van der Waals surface area contributed by atoms with Gasteiger partial charge in [0, 0.05) is 6.07 Å². The van der Waals surface area contributed by atoms with E-state index in [0.29, 0.717) is 5.56 Å². The second-order valence-electron chi connectivity index (χ2n) is 7.49. The SMILES string of the molecule is O=C([O-])C1O[C@@H](Oc2ccc3c(=O)c(-c4ccc(OS(=O)(=O)[O-])cc4)coc3c2)C(O)C(O)[C@@H]1O.[Na+].[Na+]. The summed E-state index contributed by atoms with van der Waals surface area (Å²) in [6.07, 6.45) is -8.12. The average molecular weight is 554 g/mol. The second-order valence-corrected chi connectivity index (χ2v) is 8.47. The number of fused-ring (bicyclic) bond motifs is 1. The molecule has 0 bridgehead atoms. The molecule has 1 saturated heterocycles. The van der Waals surface area contributed by atoms with Gasteiger partial charge >= 0.3 is 59.1 Å². The molecule has 1 fully saturated rings. The minimum Gasteiger partial charge on any atom is -0.716 e. The van der Waals surface area contributed by atoms with Gasteiger partial charge in [0.15, 0.2) is 5.43 Å². The first kappa shape index (κ1) is 31.7. The summed E-state index contributed by atoms with van der Waals surface area (Å²) >= 11 is 0. The molecule has 0 spiro atoms. The van der Waals surface area contributed by atoms with Crippen molar-refractivity contribution in [2.24, 2.45) is 0 Å². The number of aliphatic carboxylic acids is 1. The summed E-state index contributed by atoms with van der Waals surface area (Å²) in [6, 6.07) is 8.98. The van der Waals surface area contributed by atoms with E-state index in [9.17, 15) is 43.0 Å². The molecular formula is C21H16Na2O13S. The van der Waals surface area contributed by atoms with Gasteiger partial charge in [-0.3, -0.25) is 4.79 Å². The number of rotatable bonds is 6. The third kappa shape index (κ3) is 7.11. The molecule has 2 heterocycles. The number of carboxylic acids is 1. The summed E-state index contributed by atoms with van der Waals surface area (Å²) in [5.74, 6) is -2.07. The largest absolute Gasteiger partial charge is 1.00 e. The van der Waals surface area contributed by atoms with Crippen molar-refractivity contribution < 1.29 is 115 Å². The van der Waals surface area contributed by atoms with E-state index in [1.54, 1.807) is 0 Å². The maximum absolute atomic E-state index is 12.9. The van der Waals surface area contributed by atoms with Crippen molar-refractivity contribution in [1.82, 2.24) is 0 Å². The van der Waals surface area contributed by atoms with Gasteiger partial charge in [0.2, 0.25) is 6.29 Å². The van der Waals surface area contributed by atoms with Gasteiger partial charge in [0.05, 0.1) is 16.9 Å². The van der Waals surface area contributed by atoms with Gasteiger partial charge in [-0.2, -0.15) is 0 Å². The standard InChI is InChI=1S/C21H18O13S.2Na/c22-15-12-6-5-11(32-21-18(25)16(23)17(24)19(33-21)20(26)27)7-14(12)31-8-13(15)9-1-3-10(4-2-9)34-35(28,29)30;;/h1-8,16-19,21,23-25H,(H,26,27)(H,28,29,30);;/q;2*+1/p-2/t16?,17-,18?,19?,21+;;/m0../s1. The molecule has 37 heavy (non-hydrogen) atoms. The molecule has 0 radical (unpaired) electrons. The van der Waals surface area contributed by atoms with Crippen molar-refractivity contribution >= 4 is 27.3 Å². The first-order valence-corrected chi connectivity index (χ1v) is 11.2. The molecule has 16 heteroatoms. The predicted molar refractivity (Wildman–Crippen MR) is 111 cm³/mol. The van der Waals surface area contributed by atoms with E-state index in [4.69, 9.17) is 13.9 Å². The summed E-state index contributed by atoms with van der Waals surface area (Å²) in [5.41, 5.74) is 0.0438. The summed E-state index contributed by atoms with van der Waals surface area (Å²) < 4.78 is 52.1. The van der Waals surface area contributed by atoms with Gasteiger partial charge in [0.25, 0.3) is 10.4 Å². The zero-order valence-corrected chi connectivity index (χ0v) is 24.2. The van der Waals surface area contributed by atoms with Crippen LogP contribution in [0.15, 0.2) is 57.9 Å².